The van der Waals surface area contributed by atoms with Gasteiger partial charge in [0.2, 0.25) is 0 Å². The van der Waals surface area contributed by atoms with E-state index >= 15 is 0 Å². The van der Waals surface area contributed by atoms with E-state index in [4.69, 9.17) is 9.47 Å². The van der Waals surface area contributed by atoms with Gasteiger partial charge in [-0.2, -0.15) is 0 Å². The Morgan fingerprint density at radius 1 is 1.46 bits per heavy atom. The largest absolute Gasteiger partial charge is 0.376 e. The number of hydrogen-bond donors (Lipinski definition) is 0. The van der Waals surface area contributed by atoms with Gasteiger partial charge in [-0.3, -0.25) is 0 Å². The molecular formula is C10H19IO2. The van der Waals surface area contributed by atoms with Crippen LogP contribution in [0.15, 0.2) is 0 Å². The lowest BCUT2D eigenvalue weighted by atomic mass is 9.93. The second-order valence-corrected chi connectivity index (χ2v) is 5.02. The van der Waals surface area contributed by atoms with Crippen LogP contribution in [0.3, 0.4) is 0 Å². The van der Waals surface area contributed by atoms with Crippen LogP contribution in [0.1, 0.15) is 33.1 Å². The average molecular weight is 298 g/mol. The van der Waals surface area contributed by atoms with Crippen LogP contribution in [0, 0.1) is 0 Å². The van der Waals surface area contributed by atoms with Gasteiger partial charge in [0.05, 0.1) is 17.8 Å². The van der Waals surface area contributed by atoms with Gasteiger partial charge in [-0.15, -0.1) is 0 Å². The topological polar surface area (TPSA) is 18.5 Å². The minimum atomic E-state index is -0.134. The molecule has 0 aromatic heterocycles. The Morgan fingerprint density at radius 2 is 2.15 bits per heavy atom. The van der Waals surface area contributed by atoms with Crippen molar-refractivity contribution < 1.29 is 9.47 Å². The van der Waals surface area contributed by atoms with E-state index in [1.54, 1.807) is 7.11 Å². The lowest BCUT2D eigenvalue weighted by Crippen LogP contribution is -2.44. The first-order valence-electron chi connectivity index (χ1n) is 4.86. The van der Waals surface area contributed by atoms with Gasteiger partial charge in [0.1, 0.15) is 0 Å². The number of rotatable bonds is 3. The molecular weight excluding hydrogens is 279 g/mol. The third-order valence-corrected chi connectivity index (χ3v) is 3.81. The second-order valence-electron chi connectivity index (χ2n) is 4.14. The van der Waals surface area contributed by atoms with Crippen LogP contribution in [0.5, 0.6) is 0 Å². The molecule has 78 valence electrons. The lowest BCUT2D eigenvalue weighted by molar-refractivity contribution is -0.148. The predicted octanol–water partition coefficient (Wildman–Crippen LogP) is 2.78. The molecule has 1 fully saturated rings. The van der Waals surface area contributed by atoms with Gasteiger partial charge in [0.15, 0.2) is 0 Å². The van der Waals surface area contributed by atoms with E-state index in [0.29, 0.717) is 6.10 Å². The van der Waals surface area contributed by atoms with Crippen molar-refractivity contribution in [3.63, 3.8) is 0 Å². The van der Waals surface area contributed by atoms with Crippen molar-refractivity contribution in [1.82, 2.24) is 0 Å². The summed E-state index contributed by atoms with van der Waals surface area (Å²) >= 11 is 2.39. The van der Waals surface area contributed by atoms with Crippen LogP contribution < -0.4 is 0 Å². The third kappa shape index (κ3) is 3.06. The Bertz CT molecular complexity index is 159. The van der Waals surface area contributed by atoms with Crippen molar-refractivity contribution in [2.45, 2.75) is 50.9 Å². The van der Waals surface area contributed by atoms with Crippen LogP contribution in [-0.2, 0) is 9.47 Å². The maximum absolute atomic E-state index is 5.96. The summed E-state index contributed by atoms with van der Waals surface area (Å²) in [5.41, 5.74) is -0.134. The fourth-order valence-electron chi connectivity index (χ4n) is 1.66. The molecule has 0 N–H and O–H groups in total. The van der Waals surface area contributed by atoms with Gasteiger partial charge in [0.25, 0.3) is 0 Å². The maximum Gasteiger partial charge on any atom is 0.0883 e. The first kappa shape index (κ1) is 11.7. The van der Waals surface area contributed by atoms with Gasteiger partial charge in [-0.25, -0.2) is 0 Å². The zero-order valence-corrected chi connectivity index (χ0v) is 10.8. The summed E-state index contributed by atoms with van der Waals surface area (Å²) in [5.74, 6) is 0. The molecule has 0 radical (unpaired) electrons. The Morgan fingerprint density at radius 3 is 2.69 bits per heavy atom. The zero-order valence-electron chi connectivity index (χ0n) is 8.68. The lowest BCUT2D eigenvalue weighted by Gasteiger charge is -2.38. The highest BCUT2D eigenvalue weighted by Crippen LogP contribution is 2.29. The van der Waals surface area contributed by atoms with E-state index in [9.17, 15) is 0 Å². The summed E-state index contributed by atoms with van der Waals surface area (Å²) in [4.78, 5) is 0. The molecule has 0 amide bonds. The predicted molar refractivity (Wildman–Crippen MR) is 62.5 cm³/mol. The van der Waals surface area contributed by atoms with Gasteiger partial charge < -0.3 is 9.47 Å². The first-order chi connectivity index (χ1) is 6.10. The van der Waals surface area contributed by atoms with E-state index in [-0.39, 0.29) is 11.7 Å². The molecule has 1 heterocycles. The molecule has 2 unspecified atom stereocenters. The van der Waals surface area contributed by atoms with Crippen LogP contribution in [0.25, 0.3) is 0 Å². The quantitative estimate of drug-likeness (QED) is 0.589. The van der Waals surface area contributed by atoms with Crippen LogP contribution in [0.2, 0.25) is 0 Å². The fraction of sp³-hybridized carbons (Fsp3) is 1.00. The van der Waals surface area contributed by atoms with E-state index in [0.717, 1.165) is 10.8 Å². The summed E-state index contributed by atoms with van der Waals surface area (Å²) in [6, 6.07) is 0. The molecule has 2 nitrogen and oxygen atoms in total. The molecule has 0 bridgehead atoms. The molecule has 0 aromatic rings. The number of hydrogen-bond acceptors (Lipinski definition) is 2. The number of halogens is 1. The normalized spacial score (nSPS) is 30.5. The first-order valence-corrected chi connectivity index (χ1v) is 6.39. The molecule has 0 aromatic carbocycles. The molecule has 0 spiro atoms. The highest BCUT2D eigenvalue weighted by Gasteiger charge is 2.34. The highest BCUT2D eigenvalue weighted by atomic mass is 127. The molecule has 1 aliphatic heterocycles. The average Bonchev–Trinajstić information content (AvgIpc) is 2.18. The Kier molecular flexibility index (Phi) is 4.45. The van der Waals surface area contributed by atoms with Gasteiger partial charge in [-0.1, -0.05) is 22.6 Å². The van der Waals surface area contributed by atoms with Crippen LogP contribution in [-0.4, -0.2) is 29.3 Å². The highest BCUT2D eigenvalue weighted by molar-refractivity contribution is 14.1. The molecule has 1 rings (SSSR count). The van der Waals surface area contributed by atoms with Crippen molar-refractivity contribution in [2.24, 2.45) is 0 Å². The molecule has 3 heteroatoms. The number of ether oxygens (including phenoxy) is 2. The standard InChI is InChI=1S/C10H19IO2/c1-10(2,12-3)9-6-4-5-8(7-11)13-9/h8-9H,4-7H2,1-3H3. The second kappa shape index (κ2) is 4.94. The van der Waals surface area contributed by atoms with Gasteiger partial charge in [-0.05, 0) is 33.1 Å². The van der Waals surface area contributed by atoms with Crippen molar-refractivity contribution in [3.05, 3.63) is 0 Å². The van der Waals surface area contributed by atoms with Gasteiger partial charge in [0, 0.05) is 11.5 Å². The molecule has 1 aliphatic rings. The van der Waals surface area contributed by atoms with E-state index in [1.165, 1.54) is 12.8 Å². The number of alkyl halides is 1. The monoisotopic (exact) mass is 298 g/mol. The van der Waals surface area contributed by atoms with Crippen LogP contribution >= 0.6 is 22.6 Å². The summed E-state index contributed by atoms with van der Waals surface area (Å²) in [6.07, 6.45) is 4.32. The van der Waals surface area contributed by atoms with E-state index < -0.39 is 0 Å². The SMILES string of the molecule is COC(C)(C)C1CCCC(CI)O1. The summed E-state index contributed by atoms with van der Waals surface area (Å²) in [7, 11) is 1.76. The van der Waals surface area contributed by atoms with E-state index in [2.05, 4.69) is 36.4 Å². The molecule has 0 saturated carbocycles. The Balaban J connectivity index is 2.50. The number of methoxy groups -OCH3 is 1. The third-order valence-electron chi connectivity index (χ3n) is 2.82. The van der Waals surface area contributed by atoms with Crippen LogP contribution in [0.4, 0.5) is 0 Å². The summed E-state index contributed by atoms with van der Waals surface area (Å²) in [6.45, 7) is 4.21. The summed E-state index contributed by atoms with van der Waals surface area (Å²) < 4.78 is 12.5. The Hall–Kier alpha value is 0.650. The van der Waals surface area contributed by atoms with Crippen molar-refractivity contribution in [3.8, 4) is 0 Å². The smallest absolute Gasteiger partial charge is 0.0883 e. The molecule has 2 atom stereocenters. The zero-order chi connectivity index (χ0) is 9.90. The van der Waals surface area contributed by atoms with E-state index in [1.807, 2.05) is 0 Å². The summed E-state index contributed by atoms with van der Waals surface area (Å²) in [5, 5.41) is 0. The molecule has 1 saturated heterocycles. The van der Waals surface area contributed by atoms with Crippen molar-refractivity contribution in [1.29, 1.82) is 0 Å². The Labute approximate surface area is 94.5 Å². The molecule has 0 aliphatic carbocycles. The fourth-order valence-corrected chi connectivity index (χ4v) is 2.30. The minimum Gasteiger partial charge on any atom is -0.376 e. The minimum absolute atomic E-state index is 0.134. The maximum atomic E-state index is 5.96. The van der Waals surface area contributed by atoms with Crippen molar-refractivity contribution >= 4 is 22.6 Å². The van der Waals surface area contributed by atoms with Crippen molar-refractivity contribution in [2.75, 3.05) is 11.5 Å². The van der Waals surface area contributed by atoms with Gasteiger partial charge >= 0.3 is 0 Å². The molecule has 13 heavy (non-hydrogen) atoms.